The van der Waals surface area contributed by atoms with Crippen LogP contribution in [0.3, 0.4) is 0 Å². The number of hydrogen-bond donors (Lipinski definition) is 2. The second-order valence-electron chi connectivity index (χ2n) is 5.39. The minimum absolute atomic E-state index is 0.0713. The van der Waals surface area contributed by atoms with E-state index >= 15 is 0 Å². The quantitative estimate of drug-likeness (QED) is 0.643. The van der Waals surface area contributed by atoms with E-state index in [1.54, 1.807) is 24.3 Å². The molecule has 25 heavy (non-hydrogen) atoms. The first kappa shape index (κ1) is 17.8. The minimum Gasteiger partial charge on any atom is -0.359 e. The molecular weight excluding hydrogens is 312 g/mol. The third kappa shape index (κ3) is 4.25. The summed E-state index contributed by atoms with van der Waals surface area (Å²) in [6.07, 6.45) is 2.09. The van der Waals surface area contributed by atoms with Gasteiger partial charge in [0.25, 0.3) is 5.91 Å². The fraction of sp³-hybridized carbons (Fsp3) is 0.150. The molecule has 0 atom stereocenters. The van der Waals surface area contributed by atoms with Crippen LogP contribution in [0.25, 0.3) is 0 Å². The number of benzene rings is 2. The standard InChI is InChI=1S/C20H18N4O/c1-3-15-9-6-7-14(2)19(15)24-20(25)17(12-22)13-23-18-10-5-4-8-16(18)11-21/h4-10,13,23H,3H2,1-2H3,(H,24,25)/b17-13-. The summed E-state index contributed by atoms with van der Waals surface area (Å²) in [4.78, 5) is 12.4. The van der Waals surface area contributed by atoms with Crippen LogP contribution in [-0.2, 0) is 11.2 Å². The van der Waals surface area contributed by atoms with Gasteiger partial charge in [-0.25, -0.2) is 0 Å². The Bertz CT molecular complexity index is 901. The predicted molar refractivity (Wildman–Crippen MR) is 97.7 cm³/mol. The molecule has 1 amide bonds. The Balaban J connectivity index is 2.23. The average Bonchev–Trinajstić information content (AvgIpc) is 2.64. The lowest BCUT2D eigenvalue weighted by Crippen LogP contribution is -2.16. The molecule has 2 aromatic rings. The molecule has 0 saturated heterocycles. The van der Waals surface area contributed by atoms with Crippen LogP contribution in [0.4, 0.5) is 11.4 Å². The van der Waals surface area contributed by atoms with E-state index in [9.17, 15) is 10.1 Å². The molecule has 5 nitrogen and oxygen atoms in total. The SMILES string of the molecule is CCc1cccc(C)c1NC(=O)/C(C#N)=C\Nc1ccccc1C#N. The van der Waals surface area contributed by atoms with Gasteiger partial charge < -0.3 is 10.6 Å². The van der Waals surface area contributed by atoms with Gasteiger partial charge in [-0.3, -0.25) is 4.79 Å². The Labute approximate surface area is 147 Å². The van der Waals surface area contributed by atoms with Crippen LogP contribution in [0.15, 0.2) is 54.2 Å². The van der Waals surface area contributed by atoms with Gasteiger partial charge in [0, 0.05) is 11.9 Å². The van der Waals surface area contributed by atoms with Crippen LogP contribution in [0.1, 0.15) is 23.6 Å². The minimum atomic E-state index is -0.492. The summed E-state index contributed by atoms with van der Waals surface area (Å²) < 4.78 is 0. The third-order valence-corrected chi connectivity index (χ3v) is 3.76. The molecule has 0 aromatic heterocycles. The summed E-state index contributed by atoms with van der Waals surface area (Å²) in [6, 6.07) is 16.6. The molecule has 0 unspecified atom stereocenters. The normalized spacial score (nSPS) is 10.5. The molecule has 124 valence electrons. The molecule has 0 radical (unpaired) electrons. The predicted octanol–water partition coefficient (Wildman–Crippen LogP) is 3.89. The van der Waals surface area contributed by atoms with Gasteiger partial charge in [-0.1, -0.05) is 37.3 Å². The van der Waals surface area contributed by atoms with Gasteiger partial charge in [-0.05, 0) is 36.6 Å². The maximum Gasteiger partial charge on any atom is 0.267 e. The zero-order chi connectivity index (χ0) is 18.2. The van der Waals surface area contributed by atoms with E-state index in [2.05, 4.69) is 16.7 Å². The number of anilines is 2. The molecule has 2 N–H and O–H groups in total. The Kier molecular flexibility index (Phi) is 5.92. The van der Waals surface area contributed by atoms with Gasteiger partial charge in [-0.2, -0.15) is 10.5 Å². The lowest BCUT2D eigenvalue weighted by atomic mass is 10.1. The molecule has 0 fully saturated rings. The highest BCUT2D eigenvalue weighted by atomic mass is 16.1. The Morgan fingerprint density at radius 3 is 2.60 bits per heavy atom. The average molecular weight is 330 g/mol. The van der Waals surface area contributed by atoms with E-state index in [-0.39, 0.29) is 5.57 Å². The van der Waals surface area contributed by atoms with Gasteiger partial charge in [-0.15, -0.1) is 0 Å². The van der Waals surface area contributed by atoms with Crippen LogP contribution in [0.2, 0.25) is 0 Å². The van der Waals surface area contributed by atoms with Gasteiger partial charge >= 0.3 is 0 Å². The van der Waals surface area contributed by atoms with Crippen molar-refractivity contribution in [3.8, 4) is 12.1 Å². The lowest BCUT2D eigenvalue weighted by Gasteiger charge is -2.12. The smallest absolute Gasteiger partial charge is 0.267 e. The molecule has 0 aliphatic carbocycles. The number of rotatable bonds is 5. The highest BCUT2D eigenvalue weighted by Gasteiger charge is 2.13. The van der Waals surface area contributed by atoms with Gasteiger partial charge in [0.15, 0.2) is 0 Å². The number of carbonyl (C=O) groups is 1. The van der Waals surface area contributed by atoms with E-state index in [0.29, 0.717) is 11.3 Å². The first-order valence-electron chi connectivity index (χ1n) is 7.86. The second-order valence-corrected chi connectivity index (χ2v) is 5.39. The van der Waals surface area contributed by atoms with Crippen LogP contribution in [0, 0.1) is 29.6 Å². The molecule has 0 bridgehead atoms. The highest BCUT2D eigenvalue weighted by molar-refractivity contribution is 6.07. The number of hydrogen-bond acceptors (Lipinski definition) is 4. The number of para-hydroxylation sites is 2. The van der Waals surface area contributed by atoms with Crippen molar-refractivity contribution >= 4 is 17.3 Å². The number of carbonyl (C=O) groups excluding carboxylic acids is 1. The van der Waals surface area contributed by atoms with Crippen molar-refractivity contribution in [1.82, 2.24) is 0 Å². The summed E-state index contributed by atoms with van der Waals surface area (Å²) >= 11 is 0. The van der Waals surface area contributed by atoms with Crippen molar-refractivity contribution in [2.75, 3.05) is 10.6 Å². The van der Waals surface area contributed by atoms with E-state index in [1.165, 1.54) is 6.20 Å². The number of nitrogens with one attached hydrogen (secondary N) is 2. The second kappa shape index (κ2) is 8.33. The molecule has 0 saturated carbocycles. The van der Waals surface area contributed by atoms with Crippen molar-refractivity contribution in [2.45, 2.75) is 20.3 Å². The van der Waals surface area contributed by atoms with Crippen LogP contribution >= 0.6 is 0 Å². The summed E-state index contributed by atoms with van der Waals surface area (Å²) in [7, 11) is 0. The van der Waals surface area contributed by atoms with E-state index < -0.39 is 5.91 Å². The molecule has 5 heteroatoms. The maximum atomic E-state index is 12.4. The molecule has 0 aliphatic heterocycles. The molecule has 0 spiro atoms. The van der Waals surface area contributed by atoms with Crippen molar-refractivity contribution in [2.24, 2.45) is 0 Å². The maximum absolute atomic E-state index is 12.4. The fourth-order valence-electron chi connectivity index (χ4n) is 2.39. The van der Waals surface area contributed by atoms with Gasteiger partial charge in [0.05, 0.1) is 11.3 Å². The van der Waals surface area contributed by atoms with Crippen molar-refractivity contribution in [3.05, 3.63) is 70.9 Å². The highest BCUT2D eigenvalue weighted by Crippen LogP contribution is 2.22. The summed E-state index contributed by atoms with van der Waals surface area (Å²) in [5.74, 6) is -0.492. The van der Waals surface area contributed by atoms with E-state index in [0.717, 1.165) is 23.2 Å². The summed E-state index contributed by atoms with van der Waals surface area (Å²) in [6.45, 7) is 3.91. The van der Waals surface area contributed by atoms with Gasteiger partial charge in [0.2, 0.25) is 0 Å². The lowest BCUT2D eigenvalue weighted by molar-refractivity contribution is -0.112. The largest absolute Gasteiger partial charge is 0.359 e. The molecule has 0 aliphatic rings. The van der Waals surface area contributed by atoms with Crippen LogP contribution in [-0.4, -0.2) is 5.91 Å². The Morgan fingerprint density at radius 2 is 1.92 bits per heavy atom. The third-order valence-electron chi connectivity index (χ3n) is 3.76. The topological polar surface area (TPSA) is 88.7 Å². The van der Waals surface area contributed by atoms with Crippen molar-refractivity contribution < 1.29 is 4.79 Å². The van der Waals surface area contributed by atoms with E-state index in [4.69, 9.17) is 5.26 Å². The Hall–Kier alpha value is -3.57. The number of nitriles is 2. The van der Waals surface area contributed by atoms with E-state index in [1.807, 2.05) is 38.1 Å². The van der Waals surface area contributed by atoms with Crippen molar-refractivity contribution in [1.29, 1.82) is 10.5 Å². The zero-order valence-electron chi connectivity index (χ0n) is 14.1. The zero-order valence-corrected chi connectivity index (χ0v) is 14.1. The van der Waals surface area contributed by atoms with Gasteiger partial charge in [0.1, 0.15) is 17.7 Å². The number of amides is 1. The Morgan fingerprint density at radius 1 is 1.16 bits per heavy atom. The first-order valence-corrected chi connectivity index (χ1v) is 7.86. The summed E-state index contributed by atoms with van der Waals surface area (Å²) in [5.41, 5.74) is 3.58. The fourth-order valence-corrected chi connectivity index (χ4v) is 2.39. The molecular formula is C20H18N4O. The summed E-state index contributed by atoms with van der Waals surface area (Å²) in [5, 5.41) is 24.0. The van der Waals surface area contributed by atoms with Crippen LogP contribution < -0.4 is 10.6 Å². The number of aryl methyl sites for hydroxylation is 2. The van der Waals surface area contributed by atoms with Crippen LogP contribution in [0.5, 0.6) is 0 Å². The molecule has 2 rings (SSSR count). The monoisotopic (exact) mass is 330 g/mol. The number of nitrogens with zero attached hydrogens (tertiary/aromatic N) is 2. The first-order chi connectivity index (χ1) is 12.1. The van der Waals surface area contributed by atoms with Crippen molar-refractivity contribution in [3.63, 3.8) is 0 Å². The molecule has 0 heterocycles. The molecule has 2 aromatic carbocycles.